The van der Waals surface area contributed by atoms with Gasteiger partial charge in [0.2, 0.25) is 0 Å². The number of carboxylic acid groups (broad SMARTS) is 1. The molecule has 0 amide bonds. The van der Waals surface area contributed by atoms with E-state index in [9.17, 15) is 4.79 Å². The van der Waals surface area contributed by atoms with E-state index in [4.69, 9.17) is 9.84 Å². The van der Waals surface area contributed by atoms with Gasteiger partial charge in [-0.05, 0) is 32.1 Å². The molecule has 1 N–H and O–H groups in total. The van der Waals surface area contributed by atoms with Crippen molar-refractivity contribution in [1.82, 2.24) is 0 Å². The van der Waals surface area contributed by atoms with E-state index in [0.29, 0.717) is 6.42 Å². The van der Waals surface area contributed by atoms with Gasteiger partial charge in [0.1, 0.15) is 0 Å². The smallest absolute Gasteiger partial charge is 0.306 e. The van der Waals surface area contributed by atoms with Gasteiger partial charge in [-0.3, -0.25) is 4.79 Å². The normalized spacial score (nSPS) is 24.5. The van der Waals surface area contributed by atoms with Crippen molar-refractivity contribution >= 4 is 5.97 Å². The zero-order valence-electron chi connectivity index (χ0n) is 8.87. The quantitative estimate of drug-likeness (QED) is 0.741. The lowest BCUT2D eigenvalue weighted by atomic mass is 9.93. The third-order valence-electron chi connectivity index (χ3n) is 2.81. The van der Waals surface area contributed by atoms with E-state index in [1.165, 1.54) is 6.42 Å². The van der Waals surface area contributed by atoms with Crippen LogP contribution in [0.1, 0.15) is 45.4 Å². The minimum absolute atomic E-state index is 0.191. The summed E-state index contributed by atoms with van der Waals surface area (Å²) in [6.07, 6.45) is 5.94. The van der Waals surface area contributed by atoms with Crippen LogP contribution >= 0.6 is 0 Å². The summed E-state index contributed by atoms with van der Waals surface area (Å²) in [7, 11) is 0. The summed E-state index contributed by atoms with van der Waals surface area (Å²) in [6.45, 7) is 2.83. The average Bonchev–Trinajstić information content (AvgIpc) is 2.18. The first-order chi connectivity index (χ1) is 6.74. The summed E-state index contributed by atoms with van der Waals surface area (Å²) in [5.74, 6) is -0.871. The lowest BCUT2D eigenvalue weighted by Gasteiger charge is -2.25. The second-order valence-corrected chi connectivity index (χ2v) is 4.05. The number of carbonyl (C=O) groups is 1. The second kappa shape index (κ2) is 6.02. The van der Waals surface area contributed by atoms with E-state index >= 15 is 0 Å². The van der Waals surface area contributed by atoms with Crippen molar-refractivity contribution in [1.29, 1.82) is 0 Å². The van der Waals surface area contributed by atoms with Crippen molar-refractivity contribution in [2.24, 2.45) is 5.92 Å². The third-order valence-corrected chi connectivity index (χ3v) is 2.81. The van der Waals surface area contributed by atoms with Gasteiger partial charge >= 0.3 is 5.97 Å². The van der Waals surface area contributed by atoms with Crippen LogP contribution in [0.25, 0.3) is 0 Å². The topological polar surface area (TPSA) is 46.5 Å². The summed E-state index contributed by atoms with van der Waals surface area (Å²) < 4.78 is 5.54. The van der Waals surface area contributed by atoms with Crippen LogP contribution in [0.2, 0.25) is 0 Å². The zero-order chi connectivity index (χ0) is 10.4. The molecular formula is C11H20O3. The van der Waals surface area contributed by atoms with Crippen LogP contribution in [-0.2, 0) is 9.53 Å². The number of carboxylic acids is 1. The largest absolute Gasteiger partial charge is 0.481 e. The van der Waals surface area contributed by atoms with Crippen molar-refractivity contribution in [2.75, 3.05) is 6.61 Å². The van der Waals surface area contributed by atoms with Crippen molar-refractivity contribution in [3.8, 4) is 0 Å². The lowest BCUT2D eigenvalue weighted by Crippen LogP contribution is -2.25. The van der Waals surface area contributed by atoms with Gasteiger partial charge in [0.15, 0.2) is 0 Å². The Morgan fingerprint density at radius 1 is 1.57 bits per heavy atom. The Kier molecular flexibility index (Phi) is 4.94. The summed E-state index contributed by atoms with van der Waals surface area (Å²) in [5.41, 5.74) is 0. The molecule has 1 rings (SSSR count). The van der Waals surface area contributed by atoms with Gasteiger partial charge in [-0.15, -0.1) is 0 Å². The molecule has 0 aromatic rings. The molecule has 0 aromatic heterocycles. The van der Waals surface area contributed by atoms with Crippen molar-refractivity contribution < 1.29 is 14.6 Å². The zero-order valence-corrected chi connectivity index (χ0v) is 8.87. The molecule has 2 atom stereocenters. The van der Waals surface area contributed by atoms with E-state index in [1.54, 1.807) is 0 Å². The molecule has 1 saturated heterocycles. The highest BCUT2D eigenvalue weighted by Gasteiger charge is 2.23. The molecule has 1 heterocycles. The number of hydrogen-bond acceptors (Lipinski definition) is 2. The monoisotopic (exact) mass is 200 g/mol. The maximum Gasteiger partial charge on any atom is 0.306 e. The van der Waals surface area contributed by atoms with Gasteiger partial charge in [-0.2, -0.15) is 0 Å². The minimum atomic E-state index is -0.666. The highest BCUT2D eigenvalue weighted by molar-refractivity contribution is 5.69. The molecule has 0 bridgehead atoms. The Labute approximate surface area is 85.5 Å². The maximum atomic E-state index is 10.9. The molecule has 3 heteroatoms. The van der Waals surface area contributed by atoms with Crippen molar-refractivity contribution in [3.05, 3.63) is 0 Å². The highest BCUT2D eigenvalue weighted by atomic mass is 16.5. The van der Waals surface area contributed by atoms with Crippen LogP contribution in [0.3, 0.4) is 0 Å². The molecule has 0 aliphatic carbocycles. The van der Waals surface area contributed by atoms with E-state index in [1.807, 2.05) is 6.92 Å². The van der Waals surface area contributed by atoms with Crippen LogP contribution in [0.5, 0.6) is 0 Å². The molecule has 0 radical (unpaired) electrons. The van der Waals surface area contributed by atoms with Crippen LogP contribution in [-0.4, -0.2) is 23.8 Å². The van der Waals surface area contributed by atoms with E-state index in [2.05, 4.69) is 0 Å². The highest BCUT2D eigenvalue weighted by Crippen LogP contribution is 2.22. The SMILES string of the molecule is CCCC(CC1CCCCO1)C(=O)O. The molecule has 14 heavy (non-hydrogen) atoms. The molecule has 3 nitrogen and oxygen atoms in total. The van der Waals surface area contributed by atoms with Crippen LogP contribution in [0.4, 0.5) is 0 Å². The van der Waals surface area contributed by atoms with Crippen LogP contribution in [0, 0.1) is 5.92 Å². The average molecular weight is 200 g/mol. The third kappa shape index (κ3) is 3.66. The maximum absolute atomic E-state index is 10.9. The molecule has 1 fully saturated rings. The molecule has 82 valence electrons. The van der Waals surface area contributed by atoms with Crippen LogP contribution in [0.15, 0.2) is 0 Å². The van der Waals surface area contributed by atoms with E-state index in [-0.39, 0.29) is 12.0 Å². The Morgan fingerprint density at radius 2 is 2.36 bits per heavy atom. The predicted octanol–water partition coefficient (Wildman–Crippen LogP) is 2.45. The lowest BCUT2D eigenvalue weighted by molar-refractivity contribution is -0.143. The predicted molar refractivity (Wildman–Crippen MR) is 54.2 cm³/mol. The number of hydrogen-bond donors (Lipinski definition) is 1. The van der Waals surface area contributed by atoms with Gasteiger partial charge in [-0.1, -0.05) is 13.3 Å². The Hall–Kier alpha value is -0.570. The first-order valence-corrected chi connectivity index (χ1v) is 5.58. The van der Waals surface area contributed by atoms with Crippen molar-refractivity contribution in [3.63, 3.8) is 0 Å². The first-order valence-electron chi connectivity index (χ1n) is 5.58. The fourth-order valence-electron chi connectivity index (χ4n) is 2.00. The minimum Gasteiger partial charge on any atom is -0.481 e. The van der Waals surface area contributed by atoms with Crippen molar-refractivity contribution in [2.45, 2.75) is 51.6 Å². The van der Waals surface area contributed by atoms with E-state index in [0.717, 1.165) is 32.3 Å². The fourth-order valence-corrected chi connectivity index (χ4v) is 2.00. The summed E-state index contributed by atoms with van der Waals surface area (Å²) in [6, 6.07) is 0. The Bertz CT molecular complexity index is 173. The molecule has 0 saturated carbocycles. The van der Waals surface area contributed by atoms with Gasteiger partial charge in [0.25, 0.3) is 0 Å². The van der Waals surface area contributed by atoms with Gasteiger partial charge in [-0.25, -0.2) is 0 Å². The Morgan fingerprint density at radius 3 is 2.86 bits per heavy atom. The summed E-state index contributed by atoms with van der Waals surface area (Å²) in [5, 5.41) is 8.98. The molecule has 0 aromatic carbocycles. The fraction of sp³-hybridized carbons (Fsp3) is 0.909. The van der Waals surface area contributed by atoms with Gasteiger partial charge < -0.3 is 9.84 Å². The summed E-state index contributed by atoms with van der Waals surface area (Å²) >= 11 is 0. The summed E-state index contributed by atoms with van der Waals surface area (Å²) in [4.78, 5) is 10.9. The van der Waals surface area contributed by atoms with E-state index < -0.39 is 5.97 Å². The number of aliphatic carboxylic acids is 1. The first kappa shape index (κ1) is 11.5. The van der Waals surface area contributed by atoms with Gasteiger partial charge in [0, 0.05) is 6.61 Å². The van der Waals surface area contributed by atoms with Crippen LogP contribution < -0.4 is 0 Å². The standard InChI is InChI=1S/C11H20O3/c1-2-5-9(11(12)13)8-10-6-3-4-7-14-10/h9-10H,2-8H2,1H3,(H,12,13). The molecule has 2 unspecified atom stereocenters. The van der Waals surface area contributed by atoms with Gasteiger partial charge in [0.05, 0.1) is 12.0 Å². The molecule has 1 aliphatic heterocycles. The second-order valence-electron chi connectivity index (χ2n) is 4.05. The number of rotatable bonds is 5. The number of ether oxygens (including phenoxy) is 1. The Balaban J connectivity index is 2.33. The molecular weight excluding hydrogens is 180 g/mol. The molecule has 1 aliphatic rings. The molecule has 0 spiro atoms.